The third-order valence-electron chi connectivity index (χ3n) is 14.6. The van der Waals surface area contributed by atoms with Gasteiger partial charge < -0.3 is 0 Å². The van der Waals surface area contributed by atoms with E-state index in [9.17, 15) is 4.39 Å². The smallest absolute Gasteiger partial charge is 0.111 e. The van der Waals surface area contributed by atoms with Gasteiger partial charge in [0.15, 0.2) is 0 Å². The number of rotatable bonds is 7. The average Bonchev–Trinajstić information content (AvgIpc) is 3.99. The zero-order valence-electron chi connectivity index (χ0n) is 39.6. The van der Waals surface area contributed by atoms with Gasteiger partial charge in [0.05, 0.1) is 0 Å². The molecule has 6 saturated carbocycles. The molecule has 0 radical (unpaired) electrons. The predicted molar refractivity (Wildman–Crippen MR) is 240 cm³/mol. The summed E-state index contributed by atoms with van der Waals surface area (Å²) in [6.07, 6.45) is 40.6. The SMILES string of the molecule is CC.CC.CC1(C)CCCC1.CCC1(C)CCC1.CCC1(C)CCCC1.CCC1(C)CCCC1.CCCC1(C)CCCC1.CCCC1(F)CCCC1. The van der Waals surface area contributed by atoms with Crippen molar-refractivity contribution in [3.8, 4) is 0 Å². The summed E-state index contributed by atoms with van der Waals surface area (Å²) in [7, 11) is 0. The van der Waals surface area contributed by atoms with Crippen LogP contribution in [0.2, 0.25) is 0 Å². The zero-order valence-corrected chi connectivity index (χ0v) is 39.6. The van der Waals surface area contributed by atoms with E-state index in [1.807, 2.05) is 27.7 Å². The van der Waals surface area contributed by atoms with Gasteiger partial charge >= 0.3 is 0 Å². The summed E-state index contributed by atoms with van der Waals surface area (Å²) in [5.41, 5.74) is 2.92. The minimum absolute atomic E-state index is 0.694. The number of hydrogen-bond donors (Lipinski definition) is 0. The monoisotopic (exact) mass is 737 g/mol. The second-order valence-electron chi connectivity index (χ2n) is 20.0. The second kappa shape index (κ2) is 29.2. The van der Waals surface area contributed by atoms with Gasteiger partial charge in [0, 0.05) is 0 Å². The summed E-state index contributed by atoms with van der Waals surface area (Å²) in [5, 5.41) is 0. The Balaban J connectivity index is 0. The van der Waals surface area contributed by atoms with Gasteiger partial charge in [-0.2, -0.15) is 0 Å². The van der Waals surface area contributed by atoms with E-state index in [1.54, 1.807) is 0 Å². The van der Waals surface area contributed by atoms with Gasteiger partial charge in [0.25, 0.3) is 0 Å². The molecule has 0 bridgehead atoms. The van der Waals surface area contributed by atoms with Gasteiger partial charge in [-0.05, 0) is 117 Å². The molecule has 1 heteroatoms. The minimum atomic E-state index is -0.755. The predicted octanol–water partition coefficient (Wildman–Crippen LogP) is 19.6. The summed E-state index contributed by atoms with van der Waals surface area (Å²) in [6.45, 7) is 33.7. The summed E-state index contributed by atoms with van der Waals surface area (Å²) in [5.74, 6) is 0. The van der Waals surface area contributed by atoms with Gasteiger partial charge in [-0.1, -0.05) is 207 Å². The first kappa shape index (κ1) is 54.0. The largest absolute Gasteiger partial charge is 0.244 e. The first-order valence-electron chi connectivity index (χ1n) is 24.2. The molecule has 0 unspecified atom stereocenters. The molecule has 316 valence electrons. The van der Waals surface area contributed by atoms with Crippen LogP contribution in [0.1, 0.15) is 296 Å². The lowest BCUT2D eigenvalue weighted by Crippen LogP contribution is -2.23. The fourth-order valence-corrected chi connectivity index (χ4v) is 9.42. The van der Waals surface area contributed by atoms with Crippen LogP contribution in [-0.4, -0.2) is 5.67 Å². The van der Waals surface area contributed by atoms with Crippen molar-refractivity contribution in [1.29, 1.82) is 0 Å². The molecule has 0 atom stereocenters. The number of hydrogen-bond acceptors (Lipinski definition) is 0. The van der Waals surface area contributed by atoms with Crippen LogP contribution in [0.5, 0.6) is 0 Å². The van der Waals surface area contributed by atoms with Crippen LogP contribution in [0.3, 0.4) is 0 Å². The highest BCUT2D eigenvalue weighted by Crippen LogP contribution is 2.43. The highest BCUT2D eigenvalue weighted by atomic mass is 19.1. The number of alkyl halides is 1. The molecule has 0 amide bonds. The fraction of sp³-hybridized carbons (Fsp3) is 1.00. The molecule has 6 rings (SSSR count). The van der Waals surface area contributed by atoms with Crippen molar-refractivity contribution < 1.29 is 4.39 Å². The zero-order chi connectivity index (χ0) is 40.2. The Morgan fingerprint density at radius 3 is 0.769 bits per heavy atom. The molecule has 0 aliphatic heterocycles. The lowest BCUT2D eigenvalue weighted by atomic mass is 9.69. The molecular formula is C51H105F. The van der Waals surface area contributed by atoms with E-state index in [4.69, 9.17) is 0 Å². The van der Waals surface area contributed by atoms with Crippen LogP contribution in [0.25, 0.3) is 0 Å². The van der Waals surface area contributed by atoms with Crippen LogP contribution in [-0.2, 0) is 0 Å². The third-order valence-corrected chi connectivity index (χ3v) is 14.6. The van der Waals surface area contributed by atoms with Crippen molar-refractivity contribution in [2.45, 2.75) is 302 Å². The van der Waals surface area contributed by atoms with Gasteiger partial charge in [0.2, 0.25) is 0 Å². The lowest BCUT2D eigenvalue weighted by Gasteiger charge is -2.37. The van der Waals surface area contributed by atoms with E-state index in [2.05, 4.69) is 76.2 Å². The topological polar surface area (TPSA) is 0 Å². The first-order chi connectivity index (χ1) is 24.5. The normalized spacial score (nSPS) is 24.2. The summed E-state index contributed by atoms with van der Waals surface area (Å²) < 4.78 is 13.3. The molecule has 0 nitrogen and oxygen atoms in total. The van der Waals surface area contributed by atoms with Crippen LogP contribution in [0.15, 0.2) is 0 Å². The Bertz CT molecular complexity index is 703. The van der Waals surface area contributed by atoms with Crippen LogP contribution < -0.4 is 0 Å². The number of halogens is 1. The summed E-state index contributed by atoms with van der Waals surface area (Å²) >= 11 is 0. The Morgan fingerprint density at radius 2 is 0.577 bits per heavy atom. The van der Waals surface area contributed by atoms with Crippen molar-refractivity contribution in [2.24, 2.45) is 27.1 Å². The molecule has 0 aromatic rings. The summed E-state index contributed by atoms with van der Waals surface area (Å²) in [6, 6.07) is 0. The highest BCUT2D eigenvalue weighted by molar-refractivity contribution is 4.84. The van der Waals surface area contributed by atoms with Gasteiger partial charge in [-0.15, -0.1) is 0 Å². The Hall–Kier alpha value is -0.0700. The Kier molecular flexibility index (Phi) is 30.4. The molecular weight excluding hydrogens is 632 g/mol. The van der Waals surface area contributed by atoms with E-state index in [0.717, 1.165) is 60.2 Å². The standard InChI is InChI=1S/C9H18.C8H15F.2C8H16.2C7H14.2C2H6/c1-3-6-9(2)7-4-5-8-9;1-2-5-8(9)6-3-4-7-8;2*1-3-8(2)6-4-5-7-8;1-7(2)5-3-4-6-7;1-3-7(2)5-4-6-7;2*1-2/h3-8H2,1-2H3;2-7H2,1H3;2*3-7H2,1-2H3;2*3-6H2,1-2H3;2*1-2H3. The molecule has 6 aliphatic carbocycles. The van der Waals surface area contributed by atoms with Crippen molar-refractivity contribution in [3.63, 3.8) is 0 Å². The van der Waals surface area contributed by atoms with Crippen molar-refractivity contribution in [3.05, 3.63) is 0 Å². The fourth-order valence-electron chi connectivity index (χ4n) is 9.42. The van der Waals surface area contributed by atoms with E-state index in [0.29, 0.717) is 5.41 Å². The highest BCUT2D eigenvalue weighted by Gasteiger charge is 2.32. The molecule has 0 saturated heterocycles. The third kappa shape index (κ3) is 24.4. The second-order valence-corrected chi connectivity index (χ2v) is 20.0. The van der Waals surface area contributed by atoms with Gasteiger partial charge in [-0.25, -0.2) is 4.39 Å². The van der Waals surface area contributed by atoms with E-state index in [1.165, 1.54) is 154 Å². The van der Waals surface area contributed by atoms with Crippen molar-refractivity contribution in [1.82, 2.24) is 0 Å². The molecule has 0 heterocycles. The van der Waals surface area contributed by atoms with Crippen LogP contribution >= 0.6 is 0 Å². The van der Waals surface area contributed by atoms with Crippen molar-refractivity contribution >= 4 is 0 Å². The lowest BCUT2D eigenvalue weighted by molar-refractivity contribution is 0.155. The molecule has 6 aliphatic rings. The summed E-state index contributed by atoms with van der Waals surface area (Å²) in [4.78, 5) is 0. The maximum atomic E-state index is 13.3. The van der Waals surface area contributed by atoms with Crippen LogP contribution in [0, 0.1) is 27.1 Å². The molecule has 0 N–H and O–H groups in total. The maximum Gasteiger partial charge on any atom is 0.111 e. The molecule has 52 heavy (non-hydrogen) atoms. The van der Waals surface area contributed by atoms with Gasteiger partial charge in [-0.3, -0.25) is 0 Å². The molecule has 0 aromatic carbocycles. The van der Waals surface area contributed by atoms with E-state index < -0.39 is 5.67 Å². The Morgan fingerprint density at radius 1 is 0.327 bits per heavy atom. The van der Waals surface area contributed by atoms with Gasteiger partial charge in [0.1, 0.15) is 5.67 Å². The van der Waals surface area contributed by atoms with Crippen molar-refractivity contribution in [2.75, 3.05) is 0 Å². The van der Waals surface area contributed by atoms with Crippen LogP contribution in [0.4, 0.5) is 4.39 Å². The minimum Gasteiger partial charge on any atom is -0.244 e. The molecule has 0 aromatic heterocycles. The first-order valence-corrected chi connectivity index (χ1v) is 24.2. The maximum absolute atomic E-state index is 13.3. The quantitative estimate of drug-likeness (QED) is 0.244. The average molecular weight is 737 g/mol. The Labute approximate surface area is 332 Å². The van der Waals surface area contributed by atoms with E-state index in [-0.39, 0.29) is 0 Å². The molecule has 0 spiro atoms. The molecule has 6 fully saturated rings. The van der Waals surface area contributed by atoms with E-state index >= 15 is 0 Å².